The van der Waals surface area contributed by atoms with Crippen LogP contribution in [0.3, 0.4) is 0 Å². The fourth-order valence-corrected chi connectivity index (χ4v) is 2.17. The van der Waals surface area contributed by atoms with E-state index < -0.39 is 18.3 Å². The highest BCUT2D eigenvalue weighted by molar-refractivity contribution is 5.75. The van der Waals surface area contributed by atoms with Gasteiger partial charge in [0.2, 0.25) is 6.43 Å². The number of halogens is 2. The predicted molar refractivity (Wildman–Crippen MR) is 65.2 cm³/mol. The van der Waals surface area contributed by atoms with Crippen LogP contribution in [0.25, 0.3) is 0 Å². The van der Waals surface area contributed by atoms with Gasteiger partial charge in [-0.2, -0.15) is 0 Å². The maximum atomic E-state index is 12.5. The molecule has 0 spiro atoms. The number of amides is 2. The zero-order valence-electron chi connectivity index (χ0n) is 10.9. The molecule has 1 rings (SSSR count). The first-order chi connectivity index (χ1) is 8.90. The Morgan fingerprint density at radius 2 is 1.89 bits per heavy atom. The lowest BCUT2D eigenvalue weighted by molar-refractivity contribution is -0.137. The van der Waals surface area contributed by atoms with Gasteiger partial charge >= 0.3 is 12.0 Å². The molecule has 0 radical (unpaired) electrons. The lowest BCUT2D eigenvalue weighted by Crippen LogP contribution is -2.45. The van der Waals surface area contributed by atoms with Crippen molar-refractivity contribution in [3.63, 3.8) is 0 Å². The second-order valence-corrected chi connectivity index (χ2v) is 4.96. The Hall–Kier alpha value is -1.40. The van der Waals surface area contributed by atoms with Crippen molar-refractivity contribution in [2.45, 2.75) is 44.6 Å². The summed E-state index contributed by atoms with van der Waals surface area (Å²) in [6, 6.07) is -0.434. The number of nitrogens with zero attached hydrogens (tertiary/aromatic N) is 1. The summed E-state index contributed by atoms with van der Waals surface area (Å²) in [5.74, 6) is -1.52. The molecule has 0 aliphatic heterocycles. The van der Waals surface area contributed by atoms with Gasteiger partial charge in [-0.25, -0.2) is 13.6 Å². The molecule has 110 valence electrons. The van der Waals surface area contributed by atoms with Crippen LogP contribution in [0.4, 0.5) is 13.6 Å². The van der Waals surface area contributed by atoms with E-state index in [-0.39, 0.29) is 25.0 Å². The SMILES string of the molecule is CN(CCC(=O)O)C(=O)NC1CCC(C(F)F)CC1. The average Bonchev–Trinajstić information content (AvgIpc) is 2.36. The van der Waals surface area contributed by atoms with Crippen LogP contribution in [0, 0.1) is 5.92 Å². The van der Waals surface area contributed by atoms with E-state index in [4.69, 9.17) is 5.11 Å². The van der Waals surface area contributed by atoms with Crippen LogP contribution in [0.1, 0.15) is 32.1 Å². The van der Waals surface area contributed by atoms with Crippen molar-refractivity contribution in [3.8, 4) is 0 Å². The quantitative estimate of drug-likeness (QED) is 0.807. The molecule has 0 saturated heterocycles. The van der Waals surface area contributed by atoms with Crippen molar-refractivity contribution < 1.29 is 23.5 Å². The van der Waals surface area contributed by atoms with Crippen molar-refractivity contribution in [3.05, 3.63) is 0 Å². The molecule has 0 bridgehead atoms. The Bertz CT molecular complexity index is 318. The zero-order chi connectivity index (χ0) is 14.4. The van der Waals surface area contributed by atoms with Gasteiger partial charge < -0.3 is 15.3 Å². The number of carbonyl (C=O) groups excluding carboxylic acids is 1. The number of nitrogens with one attached hydrogen (secondary N) is 1. The summed E-state index contributed by atoms with van der Waals surface area (Å²) in [4.78, 5) is 23.4. The number of urea groups is 1. The summed E-state index contributed by atoms with van der Waals surface area (Å²) < 4.78 is 24.9. The number of aliphatic carboxylic acids is 1. The van der Waals surface area contributed by atoms with E-state index >= 15 is 0 Å². The first-order valence-electron chi connectivity index (χ1n) is 6.41. The molecule has 1 saturated carbocycles. The monoisotopic (exact) mass is 278 g/mol. The van der Waals surface area contributed by atoms with Gasteiger partial charge in [-0.05, 0) is 25.7 Å². The fourth-order valence-electron chi connectivity index (χ4n) is 2.17. The molecule has 7 heteroatoms. The number of rotatable bonds is 5. The fraction of sp³-hybridized carbons (Fsp3) is 0.833. The predicted octanol–water partition coefficient (Wildman–Crippen LogP) is 1.93. The third kappa shape index (κ3) is 5.40. The summed E-state index contributed by atoms with van der Waals surface area (Å²) in [5.41, 5.74) is 0. The number of hydrogen-bond donors (Lipinski definition) is 2. The number of carboxylic acid groups (broad SMARTS) is 1. The smallest absolute Gasteiger partial charge is 0.317 e. The molecule has 0 unspecified atom stereocenters. The van der Waals surface area contributed by atoms with Crippen LogP contribution in [0.15, 0.2) is 0 Å². The van der Waals surface area contributed by atoms with Gasteiger partial charge in [0.1, 0.15) is 0 Å². The minimum atomic E-state index is -2.28. The van der Waals surface area contributed by atoms with Gasteiger partial charge in [0.15, 0.2) is 0 Å². The lowest BCUT2D eigenvalue weighted by Gasteiger charge is -2.30. The molecule has 0 atom stereocenters. The molecule has 1 fully saturated rings. The maximum Gasteiger partial charge on any atom is 0.317 e. The number of hydrogen-bond acceptors (Lipinski definition) is 2. The molecule has 2 amide bonds. The second-order valence-electron chi connectivity index (χ2n) is 4.96. The van der Waals surface area contributed by atoms with Crippen molar-refractivity contribution in [2.75, 3.05) is 13.6 Å². The number of carbonyl (C=O) groups is 2. The van der Waals surface area contributed by atoms with E-state index in [9.17, 15) is 18.4 Å². The molecular formula is C12H20F2N2O3. The Balaban J connectivity index is 2.28. The van der Waals surface area contributed by atoms with Crippen LogP contribution >= 0.6 is 0 Å². The molecule has 5 nitrogen and oxygen atoms in total. The Morgan fingerprint density at radius 1 is 1.32 bits per heavy atom. The molecule has 1 aliphatic rings. The molecule has 0 heterocycles. The Morgan fingerprint density at radius 3 is 2.37 bits per heavy atom. The van der Waals surface area contributed by atoms with Gasteiger partial charge in [-0.15, -0.1) is 0 Å². The molecule has 0 aromatic heterocycles. The standard InChI is InChI=1S/C12H20F2N2O3/c1-16(7-6-10(17)18)12(19)15-9-4-2-8(3-5-9)11(13)14/h8-9,11H,2-7H2,1H3,(H,15,19)(H,17,18). The van der Waals surface area contributed by atoms with Crippen LogP contribution in [0.2, 0.25) is 0 Å². The molecule has 0 aromatic carbocycles. The maximum absolute atomic E-state index is 12.5. The van der Waals surface area contributed by atoms with Crippen molar-refractivity contribution in [1.82, 2.24) is 10.2 Å². The summed E-state index contributed by atoms with van der Waals surface area (Å²) >= 11 is 0. The van der Waals surface area contributed by atoms with Gasteiger partial charge in [-0.3, -0.25) is 4.79 Å². The highest BCUT2D eigenvalue weighted by Crippen LogP contribution is 2.29. The minimum Gasteiger partial charge on any atom is -0.481 e. The van der Waals surface area contributed by atoms with Crippen molar-refractivity contribution in [1.29, 1.82) is 0 Å². The lowest BCUT2D eigenvalue weighted by atomic mass is 9.86. The van der Waals surface area contributed by atoms with E-state index in [0.29, 0.717) is 25.7 Å². The van der Waals surface area contributed by atoms with Crippen LogP contribution in [0.5, 0.6) is 0 Å². The third-order valence-electron chi connectivity index (χ3n) is 3.46. The first kappa shape index (κ1) is 15.7. The van der Waals surface area contributed by atoms with E-state index in [1.165, 1.54) is 11.9 Å². The van der Waals surface area contributed by atoms with Crippen LogP contribution in [-0.4, -0.2) is 48.1 Å². The van der Waals surface area contributed by atoms with Crippen LogP contribution < -0.4 is 5.32 Å². The summed E-state index contributed by atoms with van der Waals surface area (Å²) in [6.07, 6.45) is -0.457. The average molecular weight is 278 g/mol. The minimum absolute atomic E-state index is 0.0882. The Labute approximate surface area is 111 Å². The van der Waals surface area contributed by atoms with Crippen LogP contribution in [-0.2, 0) is 4.79 Å². The molecule has 0 aromatic rings. The van der Waals surface area contributed by atoms with Gasteiger partial charge in [0.25, 0.3) is 0 Å². The summed E-state index contributed by atoms with van der Waals surface area (Å²) in [5, 5.41) is 11.3. The number of carboxylic acids is 1. The third-order valence-corrected chi connectivity index (χ3v) is 3.46. The topological polar surface area (TPSA) is 69.6 Å². The second kappa shape index (κ2) is 7.25. The molecule has 19 heavy (non-hydrogen) atoms. The zero-order valence-corrected chi connectivity index (χ0v) is 10.9. The summed E-state index contributed by atoms with van der Waals surface area (Å²) in [6.45, 7) is 0.132. The van der Waals surface area contributed by atoms with E-state index in [0.717, 1.165) is 0 Å². The van der Waals surface area contributed by atoms with Gasteiger partial charge in [0.05, 0.1) is 6.42 Å². The van der Waals surface area contributed by atoms with Crippen molar-refractivity contribution in [2.24, 2.45) is 5.92 Å². The highest BCUT2D eigenvalue weighted by atomic mass is 19.3. The van der Waals surface area contributed by atoms with E-state index in [1.807, 2.05) is 0 Å². The Kier molecular flexibility index (Phi) is 5.98. The van der Waals surface area contributed by atoms with Crippen molar-refractivity contribution >= 4 is 12.0 Å². The number of alkyl halides is 2. The highest BCUT2D eigenvalue weighted by Gasteiger charge is 2.28. The first-order valence-corrected chi connectivity index (χ1v) is 6.41. The molecule has 1 aliphatic carbocycles. The van der Waals surface area contributed by atoms with Gasteiger partial charge in [-0.1, -0.05) is 0 Å². The van der Waals surface area contributed by atoms with E-state index in [2.05, 4.69) is 5.32 Å². The summed E-state index contributed by atoms with van der Waals surface area (Å²) in [7, 11) is 1.52. The van der Waals surface area contributed by atoms with Gasteiger partial charge in [0, 0.05) is 25.6 Å². The largest absolute Gasteiger partial charge is 0.481 e. The van der Waals surface area contributed by atoms with E-state index in [1.54, 1.807) is 0 Å². The normalized spacial score (nSPS) is 23.2. The molecular weight excluding hydrogens is 258 g/mol. The molecule has 2 N–H and O–H groups in total.